The molecule has 2 saturated heterocycles. The molecule has 3 rings (SSSR count). The number of nitrogens with one attached hydrogen (secondary N) is 1. The van der Waals surface area contributed by atoms with Gasteiger partial charge in [0, 0.05) is 31.7 Å². The quantitative estimate of drug-likeness (QED) is 0.860. The summed E-state index contributed by atoms with van der Waals surface area (Å²) >= 11 is 0. The number of rotatable bonds is 6. The first-order valence-electron chi connectivity index (χ1n) is 9.42. The fourth-order valence-corrected chi connectivity index (χ4v) is 3.87. The van der Waals surface area contributed by atoms with Crippen LogP contribution in [0.2, 0.25) is 0 Å². The van der Waals surface area contributed by atoms with Crippen molar-refractivity contribution in [1.29, 1.82) is 0 Å². The van der Waals surface area contributed by atoms with Gasteiger partial charge in [-0.25, -0.2) is 0 Å². The standard InChI is InChI=1S/C20H30N2O3/c1-15-11-17(8-9-21-15)20(23)22(14-19-7-4-10-25-19)13-16-5-3-6-18(12-16)24-2/h3,5-6,12,15,17,19,21H,4,7-11,13-14H2,1-2H3/t15-,17-,19?/m0/s1. The Bertz CT molecular complexity index is 572. The van der Waals surface area contributed by atoms with E-state index in [9.17, 15) is 4.79 Å². The van der Waals surface area contributed by atoms with Crippen LogP contribution in [0.15, 0.2) is 24.3 Å². The summed E-state index contributed by atoms with van der Waals surface area (Å²) in [4.78, 5) is 15.2. The number of methoxy groups -OCH3 is 1. The largest absolute Gasteiger partial charge is 0.497 e. The molecule has 1 N–H and O–H groups in total. The lowest BCUT2D eigenvalue weighted by molar-refractivity contribution is -0.139. The van der Waals surface area contributed by atoms with E-state index in [2.05, 4.69) is 18.3 Å². The molecular weight excluding hydrogens is 316 g/mol. The van der Waals surface area contributed by atoms with E-state index in [1.54, 1.807) is 7.11 Å². The minimum atomic E-state index is 0.114. The Hall–Kier alpha value is -1.59. The minimum Gasteiger partial charge on any atom is -0.497 e. The Balaban J connectivity index is 1.72. The molecule has 2 aliphatic rings. The van der Waals surface area contributed by atoms with E-state index in [0.29, 0.717) is 19.1 Å². The lowest BCUT2D eigenvalue weighted by atomic mass is 9.91. The van der Waals surface area contributed by atoms with Crippen molar-refractivity contribution in [2.24, 2.45) is 5.92 Å². The molecule has 0 saturated carbocycles. The van der Waals surface area contributed by atoms with Crippen LogP contribution in [0.4, 0.5) is 0 Å². The van der Waals surface area contributed by atoms with Gasteiger partial charge in [-0.2, -0.15) is 0 Å². The highest BCUT2D eigenvalue weighted by molar-refractivity contribution is 5.79. The smallest absolute Gasteiger partial charge is 0.226 e. The first-order chi connectivity index (χ1) is 12.2. The van der Waals surface area contributed by atoms with Gasteiger partial charge in [-0.1, -0.05) is 12.1 Å². The second-order valence-corrected chi connectivity index (χ2v) is 7.28. The third-order valence-electron chi connectivity index (χ3n) is 5.24. The highest BCUT2D eigenvalue weighted by atomic mass is 16.5. The van der Waals surface area contributed by atoms with Gasteiger partial charge >= 0.3 is 0 Å². The van der Waals surface area contributed by atoms with E-state index >= 15 is 0 Å². The van der Waals surface area contributed by atoms with Crippen molar-refractivity contribution in [2.75, 3.05) is 26.8 Å². The lowest BCUT2D eigenvalue weighted by Crippen LogP contribution is -2.45. The van der Waals surface area contributed by atoms with Gasteiger partial charge in [-0.15, -0.1) is 0 Å². The molecule has 1 amide bonds. The molecule has 0 radical (unpaired) electrons. The van der Waals surface area contributed by atoms with Crippen LogP contribution in [0.3, 0.4) is 0 Å². The van der Waals surface area contributed by atoms with Gasteiger partial charge < -0.3 is 19.7 Å². The summed E-state index contributed by atoms with van der Waals surface area (Å²) in [5.74, 6) is 1.22. The monoisotopic (exact) mass is 346 g/mol. The molecule has 1 unspecified atom stereocenters. The average Bonchev–Trinajstić information content (AvgIpc) is 3.14. The van der Waals surface area contributed by atoms with E-state index in [-0.39, 0.29) is 17.9 Å². The Morgan fingerprint density at radius 3 is 3.00 bits per heavy atom. The minimum absolute atomic E-state index is 0.114. The van der Waals surface area contributed by atoms with Gasteiger partial charge in [0.1, 0.15) is 5.75 Å². The molecule has 0 aromatic heterocycles. The van der Waals surface area contributed by atoms with Gasteiger partial charge in [-0.3, -0.25) is 4.79 Å². The second-order valence-electron chi connectivity index (χ2n) is 7.28. The predicted octanol–water partition coefficient (Wildman–Crippen LogP) is 2.59. The number of piperidine rings is 1. The maximum Gasteiger partial charge on any atom is 0.226 e. The van der Waals surface area contributed by atoms with E-state index in [1.807, 2.05) is 23.1 Å². The van der Waals surface area contributed by atoms with Crippen LogP contribution in [-0.4, -0.2) is 49.8 Å². The van der Waals surface area contributed by atoms with Crippen molar-refractivity contribution >= 4 is 5.91 Å². The zero-order valence-corrected chi connectivity index (χ0v) is 15.4. The fourth-order valence-electron chi connectivity index (χ4n) is 3.87. The summed E-state index contributed by atoms with van der Waals surface area (Å²) in [6, 6.07) is 8.40. The fraction of sp³-hybridized carbons (Fsp3) is 0.650. The van der Waals surface area contributed by atoms with E-state index in [1.165, 1.54) is 0 Å². The number of hydrogen-bond acceptors (Lipinski definition) is 4. The summed E-state index contributed by atoms with van der Waals surface area (Å²) < 4.78 is 11.1. The number of hydrogen-bond donors (Lipinski definition) is 1. The van der Waals surface area contributed by atoms with Gasteiger partial charge in [0.25, 0.3) is 0 Å². The maximum atomic E-state index is 13.2. The molecule has 2 fully saturated rings. The van der Waals surface area contributed by atoms with Crippen molar-refractivity contribution in [3.63, 3.8) is 0 Å². The highest BCUT2D eigenvalue weighted by Crippen LogP contribution is 2.23. The SMILES string of the molecule is COc1cccc(CN(CC2CCCO2)C(=O)[C@H]2CCN[C@@H](C)C2)c1. The Morgan fingerprint density at radius 2 is 2.28 bits per heavy atom. The van der Waals surface area contributed by atoms with Gasteiger partial charge in [0.15, 0.2) is 0 Å². The molecule has 2 heterocycles. The lowest BCUT2D eigenvalue weighted by Gasteiger charge is -2.33. The number of carbonyl (C=O) groups is 1. The first-order valence-corrected chi connectivity index (χ1v) is 9.42. The van der Waals surface area contributed by atoms with Crippen molar-refractivity contribution in [3.05, 3.63) is 29.8 Å². The Labute approximate surface area is 150 Å². The Morgan fingerprint density at radius 1 is 1.40 bits per heavy atom. The molecule has 1 aromatic rings. The number of nitrogens with zero attached hydrogens (tertiary/aromatic N) is 1. The van der Waals surface area contributed by atoms with E-state index < -0.39 is 0 Å². The molecule has 2 aliphatic heterocycles. The highest BCUT2D eigenvalue weighted by Gasteiger charge is 2.30. The van der Waals surface area contributed by atoms with Gasteiger partial charge in [0.2, 0.25) is 5.91 Å². The summed E-state index contributed by atoms with van der Waals surface area (Å²) in [6.07, 6.45) is 4.15. The molecule has 25 heavy (non-hydrogen) atoms. The molecule has 5 nitrogen and oxygen atoms in total. The van der Waals surface area contributed by atoms with Crippen molar-refractivity contribution < 1.29 is 14.3 Å². The number of ether oxygens (including phenoxy) is 2. The zero-order valence-electron chi connectivity index (χ0n) is 15.4. The van der Waals surface area contributed by atoms with Crippen LogP contribution < -0.4 is 10.1 Å². The van der Waals surface area contributed by atoms with Gasteiger partial charge in [-0.05, 0) is 56.8 Å². The molecule has 0 aliphatic carbocycles. The topological polar surface area (TPSA) is 50.8 Å². The normalized spacial score (nSPS) is 26.4. The van der Waals surface area contributed by atoms with Crippen LogP contribution in [0.1, 0.15) is 38.2 Å². The van der Waals surface area contributed by atoms with E-state index in [4.69, 9.17) is 9.47 Å². The third-order valence-corrected chi connectivity index (χ3v) is 5.24. The molecule has 3 atom stereocenters. The maximum absolute atomic E-state index is 13.2. The molecule has 138 valence electrons. The number of benzene rings is 1. The van der Waals surface area contributed by atoms with Crippen LogP contribution >= 0.6 is 0 Å². The Kier molecular flexibility index (Phi) is 6.32. The summed E-state index contributed by atoms with van der Waals surface area (Å²) in [7, 11) is 1.67. The average molecular weight is 346 g/mol. The third kappa shape index (κ3) is 4.95. The molecule has 5 heteroatoms. The summed E-state index contributed by atoms with van der Waals surface area (Å²) in [5.41, 5.74) is 1.10. The number of amides is 1. The predicted molar refractivity (Wildman–Crippen MR) is 97.6 cm³/mol. The van der Waals surface area contributed by atoms with Crippen LogP contribution in [0.25, 0.3) is 0 Å². The van der Waals surface area contributed by atoms with Crippen molar-refractivity contribution in [1.82, 2.24) is 10.2 Å². The molecule has 0 bridgehead atoms. The summed E-state index contributed by atoms with van der Waals surface area (Å²) in [5, 5.41) is 3.43. The van der Waals surface area contributed by atoms with Gasteiger partial charge in [0.05, 0.1) is 13.2 Å². The first kappa shape index (κ1) is 18.2. The van der Waals surface area contributed by atoms with Crippen molar-refractivity contribution in [3.8, 4) is 5.75 Å². The molecule has 0 spiro atoms. The van der Waals surface area contributed by atoms with Crippen LogP contribution in [0, 0.1) is 5.92 Å². The second kappa shape index (κ2) is 8.68. The van der Waals surface area contributed by atoms with E-state index in [0.717, 1.165) is 50.1 Å². The van der Waals surface area contributed by atoms with Crippen LogP contribution in [0.5, 0.6) is 5.75 Å². The van der Waals surface area contributed by atoms with Crippen molar-refractivity contribution in [2.45, 2.75) is 51.3 Å². The molecular formula is C20H30N2O3. The summed E-state index contributed by atoms with van der Waals surface area (Å²) in [6.45, 7) is 5.20. The zero-order chi connectivity index (χ0) is 17.6. The van der Waals surface area contributed by atoms with Crippen LogP contribution in [-0.2, 0) is 16.1 Å². The molecule has 1 aromatic carbocycles. The number of carbonyl (C=O) groups excluding carboxylic acids is 1.